The standard InChI is InChI=1S/C20H20BrN3O2/c1-3-6-19-23-18-10-9-15(21)12-17(18)20(25)24(19)22-13-14-7-5-8-16(11-14)26-4-2/h5,7-13H,3-4,6H2,1-2H3. The van der Waals surface area contributed by atoms with Crippen molar-refractivity contribution in [2.75, 3.05) is 6.61 Å². The lowest BCUT2D eigenvalue weighted by Gasteiger charge is -2.09. The van der Waals surface area contributed by atoms with Crippen LogP contribution in [-0.2, 0) is 6.42 Å². The zero-order chi connectivity index (χ0) is 18.5. The Bertz CT molecular complexity index is 1010. The van der Waals surface area contributed by atoms with Gasteiger partial charge in [0.05, 0.1) is 23.7 Å². The third-order valence-electron chi connectivity index (χ3n) is 3.84. The maximum absolute atomic E-state index is 12.9. The molecule has 0 fully saturated rings. The van der Waals surface area contributed by atoms with Crippen LogP contribution in [0.3, 0.4) is 0 Å². The summed E-state index contributed by atoms with van der Waals surface area (Å²) in [5.41, 5.74) is 1.38. The van der Waals surface area contributed by atoms with Gasteiger partial charge in [-0.05, 0) is 49.2 Å². The van der Waals surface area contributed by atoms with Gasteiger partial charge in [0.15, 0.2) is 0 Å². The van der Waals surface area contributed by atoms with Crippen molar-refractivity contribution in [1.29, 1.82) is 0 Å². The number of rotatable bonds is 6. The summed E-state index contributed by atoms with van der Waals surface area (Å²) in [4.78, 5) is 17.6. The van der Waals surface area contributed by atoms with E-state index in [1.165, 1.54) is 4.68 Å². The van der Waals surface area contributed by atoms with Crippen molar-refractivity contribution in [1.82, 2.24) is 9.66 Å². The summed E-state index contributed by atoms with van der Waals surface area (Å²) in [5.74, 6) is 1.43. The number of ether oxygens (including phenoxy) is 1. The van der Waals surface area contributed by atoms with Crippen molar-refractivity contribution < 1.29 is 4.74 Å². The second-order valence-electron chi connectivity index (χ2n) is 5.81. The molecule has 26 heavy (non-hydrogen) atoms. The number of benzene rings is 2. The Hall–Kier alpha value is -2.47. The van der Waals surface area contributed by atoms with Crippen molar-refractivity contribution >= 4 is 33.0 Å². The smallest absolute Gasteiger partial charge is 0.282 e. The van der Waals surface area contributed by atoms with E-state index in [0.29, 0.717) is 29.8 Å². The molecular weight excluding hydrogens is 394 g/mol. The van der Waals surface area contributed by atoms with Crippen molar-refractivity contribution in [3.8, 4) is 5.75 Å². The van der Waals surface area contributed by atoms with E-state index < -0.39 is 0 Å². The van der Waals surface area contributed by atoms with Crippen LogP contribution < -0.4 is 10.3 Å². The van der Waals surface area contributed by atoms with Crippen LogP contribution in [0.4, 0.5) is 0 Å². The number of hydrogen-bond acceptors (Lipinski definition) is 4. The van der Waals surface area contributed by atoms with Gasteiger partial charge < -0.3 is 4.74 Å². The summed E-state index contributed by atoms with van der Waals surface area (Å²) in [6, 6.07) is 13.1. The van der Waals surface area contributed by atoms with Crippen LogP contribution in [0.25, 0.3) is 10.9 Å². The van der Waals surface area contributed by atoms with Gasteiger partial charge in [0.1, 0.15) is 11.6 Å². The Morgan fingerprint density at radius 3 is 2.85 bits per heavy atom. The number of fused-ring (bicyclic) bond motifs is 1. The zero-order valence-corrected chi connectivity index (χ0v) is 16.4. The largest absolute Gasteiger partial charge is 0.494 e. The maximum Gasteiger partial charge on any atom is 0.282 e. The molecule has 0 radical (unpaired) electrons. The highest BCUT2D eigenvalue weighted by atomic mass is 79.9. The molecule has 6 heteroatoms. The first kappa shape index (κ1) is 18.3. The molecule has 0 aliphatic rings. The molecule has 0 unspecified atom stereocenters. The van der Waals surface area contributed by atoms with E-state index in [-0.39, 0.29) is 5.56 Å². The molecule has 134 valence electrons. The minimum atomic E-state index is -0.169. The number of hydrogen-bond donors (Lipinski definition) is 0. The van der Waals surface area contributed by atoms with Crippen LogP contribution >= 0.6 is 15.9 Å². The van der Waals surface area contributed by atoms with Crippen LogP contribution in [0.15, 0.2) is 56.8 Å². The molecule has 3 aromatic rings. The molecule has 0 atom stereocenters. The van der Waals surface area contributed by atoms with E-state index in [1.807, 2.05) is 43.3 Å². The van der Waals surface area contributed by atoms with E-state index in [2.05, 4.69) is 32.9 Å². The van der Waals surface area contributed by atoms with Gasteiger partial charge >= 0.3 is 0 Å². The van der Waals surface area contributed by atoms with Crippen LogP contribution in [-0.4, -0.2) is 22.5 Å². The number of aromatic nitrogens is 2. The molecule has 0 aliphatic heterocycles. The molecule has 5 nitrogen and oxygen atoms in total. The molecule has 0 saturated heterocycles. The first-order chi connectivity index (χ1) is 12.6. The predicted molar refractivity (Wildman–Crippen MR) is 108 cm³/mol. The molecule has 1 heterocycles. The lowest BCUT2D eigenvalue weighted by molar-refractivity contribution is 0.340. The van der Waals surface area contributed by atoms with E-state index in [9.17, 15) is 4.79 Å². The number of halogens is 1. The Balaban J connectivity index is 2.08. The Morgan fingerprint density at radius 1 is 1.23 bits per heavy atom. The van der Waals surface area contributed by atoms with Gasteiger partial charge in [-0.3, -0.25) is 4.79 Å². The Kier molecular flexibility index (Phi) is 5.83. The number of aryl methyl sites for hydroxylation is 1. The van der Waals surface area contributed by atoms with Crippen LogP contribution in [0.2, 0.25) is 0 Å². The first-order valence-electron chi connectivity index (χ1n) is 8.60. The van der Waals surface area contributed by atoms with Crippen LogP contribution in [0.1, 0.15) is 31.7 Å². The minimum Gasteiger partial charge on any atom is -0.494 e. The highest BCUT2D eigenvalue weighted by Crippen LogP contribution is 2.17. The highest BCUT2D eigenvalue weighted by molar-refractivity contribution is 9.10. The summed E-state index contributed by atoms with van der Waals surface area (Å²) in [5, 5.41) is 4.96. The van der Waals surface area contributed by atoms with Gasteiger partial charge in [-0.25, -0.2) is 4.98 Å². The van der Waals surface area contributed by atoms with E-state index >= 15 is 0 Å². The van der Waals surface area contributed by atoms with Gasteiger partial charge in [0.25, 0.3) is 5.56 Å². The average Bonchev–Trinajstić information content (AvgIpc) is 2.63. The Morgan fingerprint density at radius 2 is 2.08 bits per heavy atom. The second kappa shape index (κ2) is 8.27. The summed E-state index contributed by atoms with van der Waals surface area (Å²) in [6.45, 7) is 4.60. The van der Waals surface area contributed by atoms with Crippen molar-refractivity contribution in [2.24, 2.45) is 5.10 Å². The summed E-state index contributed by atoms with van der Waals surface area (Å²) < 4.78 is 7.74. The maximum atomic E-state index is 12.9. The van der Waals surface area contributed by atoms with Gasteiger partial charge in [0, 0.05) is 10.9 Å². The van der Waals surface area contributed by atoms with E-state index in [1.54, 1.807) is 12.3 Å². The first-order valence-corrected chi connectivity index (χ1v) is 9.40. The summed E-state index contributed by atoms with van der Waals surface area (Å²) in [7, 11) is 0. The third-order valence-corrected chi connectivity index (χ3v) is 4.33. The van der Waals surface area contributed by atoms with Crippen molar-refractivity contribution in [2.45, 2.75) is 26.7 Å². The molecule has 0 spiro atoms. The molecule has 0 N–H and O–H groups in total. The Labute approximate surface area is 160 Å². The normalized spacial score (nSPS) is 11.3. The quantitative estimate of drug-likeness (QED) is 0.562. The minimum absolute atomic E-state index is 0.169. The summed E-state index contributed by atoms with van der Waals surface area (Å²) >= 11 is 3.41. The van der Waals surface area contributed by atoms with Crippen molar-refractivity contribution in [3.63, 3.8) is 0 Å². The SMILES string of the molecule is CCCc1nc2ccc(Br)cc2c(=O)n1N=Cc1cccc(OCC)c1. The zero-order valence-electron chi connectivity index (χ0n) is 14.8. The highest BCUT2D eigenvalue weighted by Gasteiger charge is 2.10. The fourth-order valence-corrected chi connectivity index (χ4v) is 3.04. The van der Waals surface area contributed by atoms with Gasteiger partial charge in [0.2, 0.25) is 0 Å². The number of nitrogens with zero attached hydrogens (tertiary/aromatic N) is 3. The molecule has 2 aromatic carbocycles. The molecule has 1 aromatic heterocycles. The fourth-order valence-electron chi connectivity index (χ4n) is 2.67. The molecule has 0 bridgehead atoms. The average molecular weight is 414 g/mol. The van der Waals surface area contributed by atoms with E-state index in [4.69, 9.17) is 4.74 Å². The van der Waals surface area contributed by atoms with Gasteiger partial charge in [-0.2, -0.15) is 9.78 Å². The van der Waals surface area contributed by atoms with Crippen molar-refractivity contribution in [3.05, 3.63) is 68.7 Å². The summed E-state index contributed by atoms with van der Waals surface area (Å²) in [6.07, 6.45) is 3.22. The topological polar surface area (TPSA) is 56.5 Å². The molecule has 0 amide bonds. The predicted octanol–water partition coefficient (Wildman–Crippen LogP) is 4.39. The molecule has 3 rings (SSSR count). The fraction of sp³-hybridized carbons (Fsp3) is 0.250. The molecular formula is C20H20BrN3O2. The molecule has 0 saturated carbocycles. The third kappa shape index (κ3) is 4.02. The van der Waals surface area contributed by atoms with Crippen LogP contribution in [0.5, 0.6) is 5.75 Å². The van der Waals surface area contributed by atoms with E-state index in [0.717, 1.165) is 22.2 Å². The van der Waals surface area contributed by atoms with Gasteiger partial charge in [-0.15, -0.1) is 0 Å². The van der Waals surface area contributed by atoms with Crippen LogP contribution in [0, 0.1) is 0 Å². The lowest BCUT2D eigenvalue weighted by atomic mass is 10.2. The van der Waals surface area contributed by atoms with Gasteiger partial charge in [-0.1, -0.05) is 35.0 Å². The second-order valence-corrected chi connectivity index (χ2v) is 6.72. The molecule has 0 aliphatic carbocycles. The monoisotopic (exact) mass is 413 g/mol. The lowest BCUT2D eigenvalue weighted by Crippen LogP contribution is -2.22.